The van der Waals surface area contributed by atoms with Crippen molar-refractivity contribution in [3.63, 3.8) is 0 Å². The number of hydrazine groups is 1. The van der Waals surface area contributed by atoms with Crippen molar-refractivity contribution in [2.75, 3.05) is 0 Å². The van der Waals surface area contributed by atoms with E-state index in [4.69, 9.17) is 5.84 Å². The summed E-state index contributed by atoms with van der Waals surface area (Å²) in [6, 6.07) is 6.20. The van der Waals surface area contributed by atoms with E-state index in [1.807, 2.05) is 0 Å². The second-order valence-electron chi connectivity index (χ2n) is 3.30. The Bertz CT molecular complexity index is 412. The average molecular weight is 240 g/mol. The molecular formula is C12H14F2N2O. The summed E-state index contributed by atoms with van der Waals surface area (Å²) in [7, 11) is 0. The van der Waals surface area contributed by atoms with Gasteiger partial charge in [-0.3, -0.25) is 11.3 Å². The molecule has 0 bridgehead atoms. The summed E-state index contributed by atoms with van der Waals surface area (Å²) in [5.74, 6) is 11.1. The molecule has 3 N–H and O–H groups in total. The van der Waals surface area contributed by atoms with Gasteiger partial charge in [0, 0.05) is 6.42 Å². The first-order valence-electron chi connectivity index (χ1n) is 5.08. The van der Waals surface area contributed by atoms with Crippen LogP contribution in [-0.2, 0) is 0 Å². The number of rotatable bonds is 5. The van der Waals surface area contributed by atoms with Crippen molar-refractivity contribution in [1.82, 2.24) is 5.43 Å². The number of hydrogen-bond donors (Lipinski definition) is 2. The van der Waals surface area contributed by atoms with E-state index >= 15 is 0 Å². The molecule has 0 radical (unpaired) electrons. The van der Waals surface area contributed by atoms with Crippen LogP contribution in [0.1, 0.15) is 24.9 Å². The number of halogens is 2. The molecule has 0 aliphatic carbocycles. The molecule has 0 saturated carbocycles. The van der Waals surface area contributed by atoms with Crippen LogP contribution in [0.2, 0.25) is 0 Å². The van der Waals surface area contributed by atoms with E-state index in [1.54, 1.807) is 19.1 Å². The first-order valence-corrected chi connectivity index (χ1v) is 5.08. The lowest BCUT2D eigenvalue weighted by Gasteiger charge is -2.14. The van der Waals surface area contributed by atoms with Gasteiger partial charge in [0.25, 0.3) is 0 Å². The van der Waals surface area contributed by atoms with Crippen molar-refractivity contribution in [2.24, 2.45) is 5.84 Å². The number of hydrogen-bond acceptors (Lipinski definition) is 3. The summed E-state index contributed by atoms with van der Waals surface area (Å²) in [5, 5.41) is 0. The maximum atomic E-state index is 12.1. The van der Waals surface area contributed by atoms with Crippen LogP contribution in [0.5, 0.6) is 5.75 Å². The summed E-state index contributed by atoms with van der Waals surface area (Å²) < 4.78 is 28.4. The Morgan fingerprint density at radius 2 is 2.24 bits per heavy atom. The van der Waals surface area contributed by atoms with Crippen LogP contribution in [0.15, 0.2) is 24.3 Å². The first kappa shape index (κ1) is 13.4. The second kappa shape index (κ2) is 6.84. The fraction of sp³-hybridized carbons (Fsp3) is 0.333. The van der Waals surface area contributed by atoms with Gasteiger partial charge in [0.2, 0.25) is 0 Å². The molecule has 1 rings (SSSR count). The van der Waals surface area contributed by atoms with Crippen molar-refractivity contribution in [3.8, 4) is 17.6 Å². The highest BCUT2D eigenvalue weighted by molar-refractivity contribution is 5.31. The van der Waals surface area contributed by atoms with Crippen LogP contribution in [0.3, 0.4) is 0 Å². The Labute approximate surface area is 98.9 Å². The van der Waals surface area contributed by atoms with Gasteiger partial charge in [-0.05, 0) is 24.6 Å². The summed E-state index contributed by atoms with van der Waals surface area (Å²) in [6.45, 7) is -1.10. The standard InChI is InChI=1S/C12H14F2N2O/c1-2-3-7-11(16-15)9-5-4-6-10(8-9)17-12(13)14/h4-6,8,11-12,16H,7,15H2,1H3. The van der Waals surface area contributed by atoms with E-state index in [1.165, 1.54) is 12.1 Å². The summed E-state index contributed by atoms with van der Waals surface area (Å²) >= 11 is 0. The topological polar surface area (TPSA) is 47.3 Å². The van der Waals surface area contributed by atoms with Crippen LogP contribution in [-0.4, -0.2) is 6.61 Å². The van der Waals surface area contributed by atoms with Crippen molar-refractivity contribution >= 4 is 0 Å². The van der Waals surface area contributed by atoms with E-state index in [-0.39, 0.29) is 11.8 Å². The Balaban J connectivity index is 2.83. The second-order valence-corrected chi connectivity index (χ2v) is 3.30. The van der Waals surface area contributed by atoms with Crippen molar-refractivity contribution < 1.29 is 13.5 Å². The average Bonchev–Trinajstić information content (AvgIpc) is 2.30. The third-order valence-electron chi connectivity index (χ3n) is 2.17. The number of nitrogens with one attached hydrogen (secondary N) is 1. The van der Waals surface area contributed by atoms with Gasteiger partial charge in [-0.15, -0.1) is 11.8 Å². The Morgan fingerprint density at radius 1 is 1.47 bits per heavy atom. The molecule has 0 fully saturated rings. The maximum absolute atomic E-state index is 12.1. The van der Waals surface area contributed by atoms with E-state index in [9.17, 15) is 8.78 Å². The minimum absolute atomic E-state index is 0.113. The van der Waals surface area contributed by atoms with Crippen molar-refractivity contribution in [3.05, 3.63) is 29.8 Å². The Hall–Kier alpha value is -1.64. The molecule has 0 spiro atoms. The van der Waals surface area contributed by atoms with Gasteiger partial charge in [-0.25, -0.2) is 0 Å². The van der Waals surface area contributed by atoms with Gasteiger partial charge in [0.15, 0.2) is 0 Å². The number of nitrogens with two attached hydrogens (primary N) is 1. The number of benzene rings is 1. The molecule has 0 aromatic heterocycles. The van der Waals surface area contributed by atoms with Crippen LogP contribution in [0, 0.1) is 11.8 Å². The fourth-order valence-corrected chi connectivity index (χ4v) is 1.38. The van der Waals surface area contributed by atoms with Crippen LogP contribution in [0.4, 0.5) is 8.78 Å². The molecule has 3 nitrogen and oxygen atoms in total. The molecular weight excluding hydrogens is 226 g/mol. The van der Waals surface area contributed by atoms with Crippen LogP contribution >= 0.6 is 0 Å². The molecule has 0 aliphatic heterocycles. The highest BCUT2D eigenvalue weighted by Gasteiger charge is 2.10. The molecule has 92 valence electrons. The van der Waals surface area contributed by atoms with Gasteiger partial charge in [-0.1, -0.05) is 12.1 Å². The first-order chi connectivity index (χ1) is 8.17. The minimum Gasteiger partial charge on any atom is -0.435 e. The van der Waals surface area contributed by atoms with Crippen LogP contribution < -0.4 is 16.0 Å². The van der Waals surface area contributed by atoms with Crippen LogP contribution in [0.25, 0.3) is 0 Å². The third-order valence-corrected chi connectivity index (χ3v) is 2.17. The molecule has 0 amide bonds. The fourth-order valence-electron chi connectivity index (χ4n) is 1.38. The quantitative estimate of drug-likeness (QED) is 0.471. The molecule has 17 heavy (non-hydrogen) atoms. The van der Waals surface area contributed by atoms with Crippen molar-refractivity contribution in [2.45, 2.75) is 26.0 Å². The lowest BCUT2D eigenvalue weighted by Crippen LogP contribution is -2.27. The smallest absolute Gasteiger partial charge is 0.387 e. The number of alkyl halides is 2. The monoisotopic (exact) mass is 240 g/mol. The molecule has 0 heterocycles. The highest BCUT2D eigenvalue weighted by Crippen LogP contribution is 2.22. The van der Waals surface area contributed by atoms with Crippen molar-refractivity contribution in [1.29, 1.82) is 0 Å². The molecule has 0 saturated heterocycles. The van der Waals surface area contributed by atoms with E-state index in [0.717, 1.165) is 5.56 Å². The number of ether oxygens (including phenoxy) is 1. The Kier molecular flexibility index (Phi) is 5.40. The largest absolute Gasteiger partial charge is 0.435 e. The predicted octanol–water partition coefficient (Wildman–Crippen LogP) is 2.21. The molecule has 1 aromatic rings. The van der Waals surface area contributed by atoms with E-state index in [2.05, 4.69) is 22.0 Å². The zero-order valence-electron chi connectivity index (χ0n) is 9.41. The van der Waals surface area contributed by atoms with Gasteiger partial charge < -0.3 is 4.74 Å². The molecule has 1 aromatic carbocycles. The molecule has 5 heteroatoms. The zero-order chi connectivity index (χ0) is 12.7. The van der Waals surface area contributed by atoms with E-state index < -0.39 is 6.61 Å². The van der Waals surface area contributed by atoms with Gasteiger partial charge in [0.05, 0.1) is 6.04 Å². The normalized spacial score (nSPS) is 11.8. The maximum Gasteiger partial charge on any atom is 0.387 e. The SMILES string of the molecule is CC#CCC(NN)c1cccc(OC(F)F)c1. The third kappa shape index (κ3) is 4.39. The molecule has 1 atom stereocenters. The lowest BCUT2D eigenvalue weighted by atomic mass is 10.0. The van der Waals surface area contributed by atoms with Gasteiger partial charge in [0.1, 0.15) is 5.75 Å². The summed E-state index contributed by atoms with van der Waals surface area (Å²) in [4.78, 5) is 0. The lowest BCUT2D eigenvalue weighted by molar-refractivity contribution is -0.0499. The molecule has 0 aliphatic rings. The van der Waals surface area contributed by atoms with Gasteiger partial charge in [-0.2, -0.15) is 8.78 Å². The minimum atomic E-state index is -2.83. The van der Waals surface area contributed by atoms with E-state index in [0.29, 0.717) is 6.42 Å². The zero-order valence-corrected chi connectivity index (χ0v) is 9.41. The predicted molar refractivity (Wildman–Crippen MR) is 61.2 cm³/mol. The summed E-state index contributed by atoms with van der Waals surface area (Å²) in [6.07, 6.45) is 0.505. The summed E-state index contributed by atoms with van der Waals surface area (Å²) in [5.41, 5.74) is 3.35. The highest BCUT2D eigenvalue weighted by atomic mass is 19.3. The molecule has 1 unspecified atom stereocenters. The Morgan fingerprint density at radius 3 is 2.82 bits per heavy atom. The van der Waals surface area contributed by atoms with Gasteiger partial charge >= 0.3 is 6.61 Å².